The van der Waals surface area contributed by atoms with Gasteiger partial charge in [-0.05, 0) is 36.4 Å². The van der Waals surface area contributed by atoms with E-state index in [0.29, 0.717) is 16.5 Å². The summed E-state index contributed by atoms with van der Waals surface area (Å²) in [5.41, 5.74) is 1.42. The molecule has 1 heterocycles. The molecule has 0 bridgehead atoms. The van der Waals surface area contributed by atoms with Gasteiger partial charge in [0.2, 0.25) is 11.8 Å². The van der Waals surface area contributed by atoms with Crippen molar-refractivity contribution < 1.29 is 14.3 Å². The second kappa shape index (κ2) is 7.85. The number of ether oxygens (including phenoxy) is 1. The molecular weight excluding hydrogens is 338 g/mol. The molecule has 0 unspecified atom stereocenters. The molecule has 6 nitrogen and oxygen atoms in total. The molecule has 7 heteroatoms. The number of carbonyl (C=O) groups is 2. The van der Waals surface area contributed by atoms with Crippen LogP contribution in [-0.2, 0) is 9.59 Å². The van der Waals surface area contributed by atoms with Crippen molar-refractivity contribution in [1.82, 2.24) is 5.32 Å². The first-order chi connectivity index (χ1) is 12.1. The smallest absolute Gasteiger partial charge is 0.240 e. The molecule has 1 aliphatic heterocycles. The number of amides is 2. The van der Waals surface area contributed by atoms with Gasteiger partial charge in [-0.3, -0.25) is 9.59 Å². The van der Waals surface area contributed by atoms with Gasteiger partial charge in [-0.15, -0.1) is 0 Å². The lowest BCUT2D eigenvalue weighted by Gasteiger charge is -2.07. The Labute approximate surface area is 149 Å². The van der Waals surface area contributed by atoms with Crippen LogP contribution < -0.4 is 15.4 Å². The Balaban J connectivity index is 1.60. The minimum absolute atomic E-state index is 0.0903. The van der Waals surface area contributed by atoms with Gasteiger partial charge < -0.3 is 15.4 Å². The maximum Gasteiger partial charge on any atom is 0.240 e. The van der Waals surface area contributed by atoms with Crippen LogP contribution in [0.25, 0.3) is 0 Å². The maximum atomic E-state index is 12.1. The number of anilines is 1. The fourth-order valence-electron chi connectivity index (χ4n) is 2.27. The van der Waals surface area contributed by atoms with Crippen LogP contribution in [-0.4, -0.2) is 29.3 Å². The molecule has 128 valence electrons. The Morgan fingerprint density at radius 2 is 1.92 bits per heavy atom. The third kappa shape index (κ3) is 4.60. The quantitative estimate of drug-likeness (QED) is 0.864. The van der Waals surface area contributed by atoms with Crippen molar-refractivity contribution in [2.45, 2.75) is 11.7 Å². The average molecular weight is 355 g/mol. The number of para-hydroxylation sites is 1. The summed E-state index contributed by atoms with van der Waals surface area (Å²) in [7, 11) is 1.60. The van der Waals surface area contributed by atoms with Crippen LogP contribution in [0.3, 0.4) is 0 Å². The zero-order valence-electron chi connectivity index (χ0n) is 13.6. The van der Waals surface area contributed by atoms with E-state index in [1.807, 2.05) is 18.2 Å². The largest absolute Gasteiger partial charge is 0.497 e. The monoisotopic (exact) mass is 355 g/mol. The number of hydrogen-bond acceptors (Lipinski definition) is 5. The van der Waals surface area contributed by atoms with Gasteiger partial charge >= 0.3 is 0 Å². The number of benzene rings is 2. The molecule has 3 rings (SSSR count). The summed E-state index contributed by atoms with van der Waals surface area (Å²) in [5.74, 6) is 0.326. The molecule has 2 amide bonds. The van der Waals surface area contributed by atoms with Gasteiger partial charge in [0.05, 0.1) is 12.8 Å². The van der Waals surface area contributed by atoms with Gasteiger partial charge in [-0.1, -0.05) is 30.0 Å². The topological polar surface area (TPSA) is 79.8 Å². The summed E-state index contributed by atoms with van der Waals surface area (Å²) in [4.78, 5) is 28.5. The summed E-state index contributed by atoms with van der Waals surface area (Å²) >= 11 is 1.26. The summed E-state index contributed by atoms with van der Waals surface area (Å²) in [6.45, 7) is 0. The first-order valence-electron chi connectivity index (χ1n) is 7.69. The second-order valence-corrected chi connectivity index (χ2v) is 6.52. The Bertz CT molecular complexity index is 791. The fraction of sp³-hybridized carbons (Fsp3) is 0.167. The third-order valence-corrected chi connectivity index (χ3v) is 4.59. The van der Waals surface area contributed by atoms with Gasteiger partial charge in [0.25, 0.3) is 0 Å². The number of thioether (sulfide) groups is 1. The zero-order valence-corrected chi connectivity index (χ0v) is 14.4. The van der Waals surface area contributed by atoms with Crippen molar-refractivity contribution in [2.24, 2.45) is 4.99 Å². The highest BCUT2D eigenvalue weighted by atomic mass is 32.2. The van der Waals surface area contributed by atoms with Crippen LogP contribution in [0.2, 0.25) is 0 Å². The standard InChI is InChI=1S/C18H17N3O3S/c1-24-14-9-7-13(8-10-14)20-18-21-17(23)15(25-18)11-16(22)19-12-5-3-2-4-6-12/h2-10,15H,11H2,1H3,(H,19,22)(H,20,21,23)/t15-/m0/s1. The number of hydrogen-bond donors (Lipinski definition) is 2. The highest BCUT2D eigenvalue weighted by Gasteiger charge is 2.32. The normalized spacial score (nSPS) is 18.0. The second-order valence-electron chi connectivity index (χ2n) is 5.33. The third-order valence-electron chi connectivity index (χ3n) is 3.51. The first kappa shape index (κ1) is 17.0. The van der Waals surface area contributed by atoms with Crippen LogP contribution >= 0.6 is 11.8 Å². The molecular formula is C18H17N3O3S. The molecule has 1 atom stereocenters. The molecule has 2 aromatic rings. The van der Waals surface area contributed by atoms with E-state index in [4.69, 9.17) is 4.74 Å². The Kier molecular flexibility index (Phi) is 5.35. The summed E-state index contributed by atoms with van der Waals surface area (Å²) in [6, 6.07) is 16.3. The van der Waals surface area contributed by atoms with Crippen LogP contribution in [0.5, 0.6) is 5.75 Å². The van der Waals surface area contributed by atoms with Crippen molar-refractivity contribution in [1.29, 1.82) is 0 Å². The Hall–Kier alpha value is -2.80. The van der Waals surface area contributed by atoms with Gasteiger partial charge in [-0.25, -0.2) is 4.99 Å². The van der Waals surface area contributed by atoms with Gasteiger partial charge in [0.15, 0.2) is 5.17 Å². The molecule has 0 aliphatic carbocycles. The highest BCUT2D eigenvalue weighted by Crippen LogP contribution is 2.26. The molecule has 0 aromatic heterocycles. The number of amidine groups is 1. The van der Waals surface area contributed by atoms with Crippen molar-refractivity contribution in [3.63, 3.8) is 0 Å². The molecule has 0 radical (unpaired) electrons. The predicted octanol–water partition coefficient (Wildman–Crippen LogP) is 2.94. The number of aliphatic imine (C=N–C) groups is 1. The van der Waals surface area contributed by atoms with Crippen LogP contribution in [0.1, 0.15) is 6.42 Å². The van der Waals surface area contributed by atoms with Crippen molar-refractivity contribution in [3.8, 4) is 5.75 Å². The molecule has 1 saturated heterocycles. The molecule has 1 aliphatic rings. The lowest BCUT2D eigenvalue weighted by Crippen LogP contribution is -2.28. The summed E-state index contributed by atoms with van der Waals surface area (Å²) in [5, 5.41) is 5.50. The van der Waals surface area contributed by atoms with E-state index in [2.05, 4.69) is 15.6 Å². The number of methoxy groups -OCH3 is 1. The van der Waals surface area contributed by atoms with E-state index in [-0.39, 0.29) is 18.2 Å². The minimum atomic E-state index is -0.485. The molecule has 1 fully saturated rings. The average Bonchev–Trinajstić information content (AvgIpc) is 2.95. The first-order valence-corrected chi connectivity index (χ1v) is 8.57. The maximum absolute atomic E-state index is 12.1. The molecule has 2 N–H and O–H groups in total. The molecule has 2 aromatic carbocycles. The Morgan fingerprint density at radius 3 is 2.60 bits per heavy atom. The minimum Gasteiger partial charge on any atom is -0.497 e. The van der Waals surface area contributed by atoms with E-state index in [1.54, 1.807) is 43.5 Å². The molecule has 0 spiro atoms. The number of nitrogens with one attached hydrogen (secondary N) is 2. The fourth-order valence-corrected chi connectivity index (χ4v) is 3.26. The lowest BCUT2D eigenvalue weighted by atomic mass is 10.2. The summed E-state index contributed by atoms with van der Waals surface area (Å²) < 4.78 is 5.10. The Morgan fingerprint density at radius 1 is 1.20 bits per heavy atom. The van der Waals surface area contributed by atoms with E-state index in [9.17, 15) is 9.59 Å². The van der Waals surface area contributed by atoms with E-state index < -0.39 is 5.25 Å². The van der Waals surface area contributed by atoms with Crippen molar-refractivity contribution in [3.05, 3.63) is 54.6 Å². The molecule has 25 heavy (non-hydrogen) atoms. The predicted molar refractivity (Wildman–Crippen MR) is 99.3 cm³/mol. The lowest BCUT2D eigenvalue weighted by molar-refractivity contribution is -0.122. The van der Waals surface area contributed by atoms with Crippen molar-refractivity contribution in [2.75, 3.05) is 12.4 Å². The number of nitrogens with zero attached hydrogens (tertiary/aromatic N) is 1. The van der Waals surface area contributed by atoms with E-state index in [1.165, 1.54) is 11.8 Å². The van der Waals surface area contributed by atoms with E-state index >= 15 is 0 Å². The zero-order chi connectivity index (χ0) is 17.6. The van der Waals surface area contributed by atoms with Crippen LogP contribution in [0, 0.1) is 0 Å². The van der Waals surface area contributed by atoms with Crippen LogP contribution in [0.4, 0.5) is 11.4 Å². The molecule has 0 saturated carbocycles. The van der Waals surface area contributed by atoms with Crippen LogP contribution in [0.15, 0.2) is 59.6 Å². The number of carbonyl (C=O) groups excluding carboxylic acids is 2. The van der Waals surface area contributed by atoms with E-state index in [0.717, 1.165) is 5.75 Å². The van der Waals surface area contributed by atoms with Gasteiger partial charge in [-0.2, -0.15) is 0 Å². The highest BCUT2D eigenvalue weighted by molar-refractivity contribution is 8.15. The number of rotatable bonds is 5. The summed E-state index contributed by atoms with van der Waals surface area (Å²) in [6.07, 6.45) is 0.0903. The SMILES string of the molecule is COc1ccc(N=C2NC(=O)[C@H](CC(=O)Nc3ccccc3)S2)cc1. The van der Waals surface area contributed by atoms with Gasteiger partial charge in [0, 0.05) is 12.1 Å². The van der Waals surface area contributed by atoms with Gasteiger partial charge in [0.1, 0.15) is 11.0 Å². The van der Waals surface area contributed by atoms with Crippen molar-refractivity contribution >= 4 is 40.1 Å².